The molecule has 0 radical (unpaired) electrons. The van der Waals surface area contributed by atoms with Crippen LogP contribution in [0.5, 0.6) is 5.75 Å². The first kappa shape index (κ1) is 14.0. The van der Waals surface area contributed by atoms with E-state index < -0.39 is 6.10 Å². The molecule has 17 heavy (non-hydrogen) atoms. The van der Waals surface area contributed by atoms with Gasteiger partial charge in [0.05, 0.1) is 12.7 Å². The first-order valence-electron chi connectivity index (χ1n) is 6.25. The summed E-state index contributed by atoms with van der Waals surface area (Å²) in [5.74, 6) is 0.811. The van der Waals surface area contributed by atoms with Crippen LogP contribution in [0.1, 0.15) is 44.3 Å². The topological polar surface area (TPSA) is 49.7 Å². The normalized spacial score (nSPS) is 12.4. The Morgan fingerprint density at radius 2 is 1.94 bits per heavy atom. The van der Waals surface area contributed by atoms with Crippen LogP contribution in [0.25, 0.3) is 0 Å². The van der Waals surface area contributed by atoms with Crippen molar-refractivity contribution in [2.75, 3.05) is 13.2 Å². The lowest BCUT2D eigenvalue weighted by Gasteiger charge is -2.09. The molecule has 0 heterocycles. The second kappa shape index (κ2) is 8.09. The highest BCUT2D eigenvalue weighted by Crippen LogP contribution is 2.19. The van der Waals surface area contributed by atoms with Crippen molar-refractivity contribution in [1.29, 1.82) is 0 Å². The summed E-state index contributed by atoms with van der Waals surface area (Å²) in [6.07, 6.45) is 3.55. The summed E-state index contributed by atoms with van der Waals surface area (Å²) in [7, 11) is 0. The monoisotopic (exact) mass is 238 g/mol. The van der Waals surface area contributed by atoms with E-state index in [1.807, 2.05) is 24.3 Å². The number of hydrogen-bond donors (Lipinski definition) is 2. The molecule has 0 saturated carbocycles. The molecule has 0 aliphatic heterocycles. The second-order valence-electron chi connectivity index (χ2n) is 4.23. The molecule has 1 aromatic carbocycles. The van der Waals surface area contributed by atoms with E-state index in [9.17, 15) is 5.11 Å². The summed E-state index contributed by atoms with van der Waals surface area (Å²) in [4.78, 5) is 0. The minimum atomic E-state index is -0.455. The number of unbranched alkanes of at least 4 members (excludes halogenated alkanes) is 3. The number of ether oxygens (including phenoxy) is 1. The molecule has 2 N–H and O–H groups in total. The van der Waals surface area contributed by atoms with Crippen LogP contribution >= 0.6 is 0 Å². The number of hydrogen-bond acceptors (Lipinski definition) is 3. The average molecular weight is 238 g/mol. The van der Waals surface area contributed by atoms with E-state index in [0.29, 0.717) is 6.61 Å². The zero-order valence-electron chi connectivity index (χ0n) is 10.4. The molecule has 1 rings (SSSR count). The smallest absolute Gasteiger partial charge is 0.119 e. The van der Waals surface area contributed by atoms with E-state index in [2.05, 4.69) is 0 Å². The van der Waals surface area contributed by atoms with Gasteiger partial charge in [-0.05, 0) is 43.9 Å². The Balaban J connectivity index is 2.24. The second-order valence-corrected chi connectivity index (χ2v) is 4.23. The van der Waals surface area contributed by atoms with Crippen LogP contribution < -0.4 is 4.74 Å². The Morgan fingerprint density at radius 3 is 2.65 bits per heavy atom. The lowest BCUT2D eigenvalue weighted by atomic mass is 10.1. The van der Waals surface area contributed by atoms with Gasteiger partial charge in [0.1, 0.15) is 5.75 Å². The molecule has 0 aliphatic carbocycles. The molecule has 0 aliphatic rings. The van der Waals surface area contributed by atoms with Crippen LogP contribution in [0.2, 0.25) is 0 Å². The Hall–Kier alpha value is -1.06. The molecule has 96 valence electrons. The number of aliphatic hydroxyl groups excluding tert-OH is 2. The third-order valence-electron chi connectivity index (χ3n) is 2.66. The standard InChI is InChI=1S/C14H22O3/c1-12(16)13-7-6-8-14(11-13)17-10-5-3-2-4-9-15/h6-8,11-12,15-16H,2-5,9-10H2,1H3/t12-/m0/s1. The Bertz CT molecular complexity index is 310. The van der Waals surface area contributed by atoms with Gasteiger partial charge in [-0.1, -0.05) is 18.6 Å². The predicted molar refractivity (Wildman–Crippen MR) is 68.1 cm³/mol. The molecular weight excluding hydrogens is 216 g/mol. The SMILES string of the molecule is C[C@H](O)c1cccc(OCCCCCCO)c1. The highest BCUT2D eigenvalue weighted by Gasteiger charge is 2.01. The van der Waals surface area contributed by atoms with Gasteiger partial charge in [-0.15, -0.1) is 0 Å². The summed E-state index contributed by atoms with van der Waals surface area (Å²) in [5.41, 5.74) is 0.878. The predicted octanol–water partition coefficient (Wildman–Crippen LogP) is 2.67. The highest BCUT2D eigenvalue weighted by atomic mass is 16.5. The fourth-order valence-corrected chi connectivity index (χ4v) is 1.62. The maximum absolute atomic E-state index is 9.44. The third-order valence-corrected chi connectivity index (χ3v) is 2.66. The Kier molecular flexibility index (Phi) is 6.67. The van der Waals surface area contributed by atoms with Crippen molar-refractivity contribution in [2.24, 2.45) is 0 Å². The van der Waals surface area contributed by atoms with Gasteiger partial charge < -0.3 is 14.9 Å². The zero-order valence-corrected chi connectivity index (χ0v) is 10.4. The molecule has 1 aromatic rings. The molecule has 0 aromatic heterocycles. The van der Waals surface area contributed by atoms with Gasteiger partial charge in [-0.3, -0.25) is 0 Å². The van der Waals surface area contributed by atoms with Gasteiger partial charge in [0.25, 0.3) is 0 Å². The molecule has 3 nitrogen and oxygen atoms in total. The minimum absolute atomic E-state index is 0.275. The fraction of sp³-hybridized carbons (Fsp3) is 0.571. The summed E-state index contributed by atoms with van der Waals surface area (Å²) in [6, 6.07) is 7.56. The molecule has 0 spiro atoms. The van der Waals surface area contributed by atoms with Crippen LogP contribution in [-0.4, -0.2) is 23.4 Å². The van der Waals surface area contributed by atoms with Crippen molar-refractivity contribution in [1.82, 2.24) is 0 Å². The van der Waals surface area contributed by atoms with Gasteiger partial charge >= 0.3 is 0 Å². The summed E-state index contributed by atoms with van der Waals surface area (Å²) in [5, 5.41) is 18.1. The molecule has 1 atom stereocenters. The van der Waals surface area contributed by atoms with Crippen molar-refractivity contribution < 1.29 is 14.9 Å². The molecule has 0 unspecified atom stereocenters. The lowest BCUT2D eigenvalue weighted by Crippen LogP contribution is -1.99. The number of rotatable bonds is 8. The number of benzene rings is 1. The van der Waals surface area contributed by atoms with Gasteiger partial charge in [0.2, 0.25) is 0 Å². The molecular formula is C14H22O3. The number of aliphatic hydroxyl groups is 2. The minimum Gasteiger partial charge on any atom is -0.494 e. The molecule has 0 fully saturated rings. The van der Waals surface area contributed by atoms with Crippen molar-refractivity contribution in [3.8, 4) is 5.75 Å². The van der Waals surface area contributed by atoms with E-state index in [1.54, 1.807) is 6.92 Å². The van der Waals surface area contributed by atoms with Gasteiger partial charge in [-0.25, -0.2) is 0 Å². The lowest BCUT2D eigenvalue weighted by molar-refractivity contribution is 0.198. The Labute approximate surface area is 103 Å². The largest absolute Gasteiger partial charge is 0.494 e. The van der Waals surface area contributed by atoms with Gasteiger partial charge in [-0.2, -0.15) is 0 Å². The molecule has 0 saturated heterocycles. The van der Waals surface area contributed by atoms with Crippen LogP contribution in [-0.2, 0) is 0 Å². The van der Waals surface area contributed by atoms with Gasteiger partial charge in [0.15, 0.2) is 0 Å². The third kappa shape index (κ3) is 5.71. The van der Waals surface area contributed by atoms with E-state index in [1.165, 1.54) is 0 Å². The maximum atomic E-state index is 9.44. The van der Waals surface area contributed by atoms with E-state index >= 15 is 0 Å². The quantitative estimate of drug-likeness (QED) is 0.685. The average Bonchev–Trinajstić information content (AvgIpc) is 2.34. The van der Waals surface area contributed by atoms with Gasteiger partial charge in [0, 0.05) is 6.61 Å². The van der Waals surface area contributed by atoms with Crippen molar-refractivity contribution in [2.45, 2.75) is 38.7 Å². The fourth-order valence-electron chi connectivity index (χ4n) is 1.62. The zero-order chi connectivity index (χ0) is 12.5. The van der Waals surface area contributed by atoms with Crippen molar-refractivity contribution in [3.05, 3.63) is 29.8 Å². The highest BCUT2D eigenvalue weighted by molar-refractivity contribution is 5.29. The Morgan fingerprint density at radius 1 is 1.18 bits per heavy atom. The summed E-state index contributed by atoms with van der Waals surface area (Å²) in [6.45, 7) is 2.71. The molecule has 0 amide bonds. The maximum Gasteiger partial charge on any atom is 0.119 e. The van der Waals surface area contributed by atoms with Crippen molar-refractivity contribution in [3.63, 3.8) is 0 Å². The molecule has 0 bridgehead atoms. The van der Waals surface area contributed by atoms with Crippen LogP contribution in [0, 0.1) is 0 Å². The first-order chi connectivity index (χ1) is 8.24. The first-order valence-corrected chi connectivity index (χ1v) is 6.25. The van der Waals surface area contributed by atoms with Crippen LogP contribution in [0.3, 0.4) is 0 Å². The van der Waals surface area contributed by atoms with E-state index in [0.717, 1.165) is 37.0 Å². The van der Waals surface area contributed by atoms with E-state index in [4.69, 9.17) is 9.84 Å². The van der Waals surface area contributed by atoms with Crippen molar-refractivity contribution >= 4 is 0 Å². The van der Waals surface area contributed by atoms with Crippen LogP contribution in [0.4, 0.5) is 0 Å². The van der Waals surface area contributed by atoms with Crippen LogP contribution in [0.15, 0.2) is 24.3 Å². The van der Waals surface area contributed by atoms with E-state index in [-0.39, 0.29) is 6.61 Å². The molecule has 3 heteroatoms. The summed E-state index contributed by atoms with van der Waals surface area (Å²) < 4.78 is 5.60. The summed E-state index contributed by atoms with van der Waals surface area (Å²) >= 11 is 0.